The van der Waals surface area contributed by atoms with Crippen molar-refractivity contribution in [3.63, 3.8) is 0 Å². The second kappa shape index (κ2) is 8.22. The Bertz CT molecular complexity index is 1120. The summed E-state index contributed by atoms with van der Waals surface area (Å²) in [5.41, 5.74) is 5.51. The van der Waals surface area contributed by atoms with Crippen LogP contribution in [0.25, 0.3) is 11.3 Å². The Balaban J connectivity index is 1.79. The second-order valence-electron chi connectivity index (χ2n) is 7.50. The van der Waals surface area contributed by atoms with Crippen molar-refractivity contribution in [2.75, 3.05) is 24.7 Å². The number of phenolic OH excluding ortho intramolecular Hbond substituents is 1. The summed E-state index contributed by atoms with van der Waals surface area (Å²) in [5.74, 6) is -0.0359. The molecule has 0 bridgehead atoms. The predicted octanol–water partition coefficient (Wildman–Crippen LogP) is 5.04. The van der Waals surface area contributed by atoms with Crippen LogP contribution in [0.2, 0.25) is 5.02 Å². The molecular weight excluding hydrogens is 398 g/mol. The average molecular weight is 420 g/mol. The van der Waals surface area contributed by atoms with Crippen LogP contribution in [0, 0.1) is 0 Å². The topological polar surface area (TPSA) is 64.6 Å². The minimum Gasteiger partial charge on any atom is -0.508 e. The van der Waals surface area contributed by atoms with Crippen molar-refractivity contribution in [3.8, 4) is 5.75 Å². The monoisotopic (exact) mass is 419 g/mol. The first kappa shape index (κ1) is 20.0. The van der Waals surface area contributed by atoms with Crippen molar-refractivity contribution in [2.24, 2.45) is 0 Å². The lowest BCUT2D eigenvalue weighted by molar-refractivity contribution is -0.110. The number of benzene rings is 3. The molecule has 1 heterocycles. The van der Waals surface area contributed by atoms with Gasteiger partial charge in [-0.05, 0) is 73.8 Å². The molecule has 0 radical (unpaired) electrons. The van der Waals surface area contributed by atoms with Crippen molar-refractivity contribution in [1.82, 2.24) is 4.90 Å². The summed E-state index contributed by atoms with van der Waals surface area (Å²) < 4.78 is 0. The quantitative estimate of drug-likeness (QED) is 0.507. The fourth-order valence-corrected chi connectivity index (χ4v) is 3.68. The first-order valence-electron chi connectivity index (χ1n) is 9.56. The Morgan fingerprint density at radius 2 is 1.73 bits per heavy atom. The van der Waals surface area contributed by atoms with Crippen LogP contribution in [0.3, 0.4) is 0 Å². The minimum atomic E-state index is -0.202. The Morgan fingerprint density at radius 1 is 1.03 bits per heavy atom. The van der Waals surface area contributed by atoms with E-state index in [4.69, 9.17) is 11.6 Å². The summed E-state index contributed by atoms with van der Waals surface area (Å²) in [5, 5.41) is 16.6. The molecule has 0 spiro atoms. The van der Waals surface area contributed by atoms with Gasteiger partial charge in [-0.15, -0.1) is 0 Å². The fraction of sp³-hybridized carbons (Fsp3) is 0.125. The van der Waals surface area contributed by atoms with Gasteiger partial charge >= 0.3 is 0 Å². The number of nitrogens with one attached hydrogen (secondary N) is 2. The number of nitrogens with zero attached hydrogens (tertiary/aromatic N) is 1. The predicted molar refractivity (Wildman–Crippen MR) is 122 cm³/mol. The molecule has 152 valence electrons. The van der Waals surface area contributed by atoms with Gasteiger partial charge in [0.2, 0.25) is 0 Å². The van der Waals surface area contributed by atoms with Crippen molar-refractivity contribution >= 4 is 40.2 Å². The normalized spacial score (nSPS) is 14.5. The minimum absolute atomic E-state index is 0.166. The molecule has 0 aliphatic carbocycles. The van der Waals surface area contributed by atoms with E-state index in [2.05, 4.69) is 27.7 Å². The summed E-state index contributed by atoms with van der Waals surface area (Å²) in [4.78, 5) is 15.0. The number of halogens is 1. The number of anilines is 2. The maximum absolute atomic E-state index is 12.9. The molecule has 0 aromatic heterocycles. The van der Waals surface area contributed by atoms with Gasteiger partial charge in [0.05, 0.1) is 17.0 Å². The number of carbonyl (C=O) groups excluding carboxylic acids is 1. The summed E-state index contributed by atoms with van der Waals surface area (Å²) in [6.07, 6.45) is 0. The Hall–Kier alpha value is -3.28. The van der Waals surface area contributed by atoms with E-state index in [0.717, 1.165) is 23.4 Å². The summed E-state index contributed by atoms with van der Waals surface area (Å²) in [6, 6.07) is 20.2. The lowest BCUT2D eigenvalue weighted by Crippen LogP contribution is -2.11. The molecule has 3 aromatic rings. The molecule has 3 N–H and O–H groups in total. The van der Waals surface area contributed by atoms with Crippen LogP contribution in [-0.2, 0) is 11.3 Å². The number of fused-ring (bicyclic) bond motifs is 1. The van der Waals surface area contributed by atoms with E-state index in [1.54, 1.807) is 36.4 Å². The Kier molecular flexibility index (Phi) is 5.48. The molecule has 1 aliphatic heterocycles. The van der Waals surface area contributed by atoms with Gasteiger partial charge in [-0.2, -0.15) is 0 Å². The van der Waals surface area contributed by atoms with Gasteiger partial charge in [-0.3, -0.25) is 4.79 Å². The SMILES string of the molecule is CN(C)Cc1ccc(N/C(=C2\C(=O)Nc3cc(Cl)ccc32)c2ccc(O)cc2)cc1. The van der Waals surface area contributed by atoms with Crippen molar-refractivity contribution < 1.29 is 9.90 Å². The van der Waals surface area contributed by atoms with E-state index >= 15 is 0 Å². The standard InChI is InChI=1S/C24H22ClN3O2/c1-28(2)14-15-3-8-18(9-4-15)26-23(16-5-10-19(29)11-6-16)22-20-12-7-17(25)13-21(20)27-24(22)30/h3-13,26,29H,14H2,1-2H3,(H,27,30)/b23-22-. The third-order valence-electron chi connectivity index (χ3n) is 4.85. The Morgan fingerprint density at radius 3 is 2.40 bits per heavy atom. The molecule has 0 saturated heterocycles. The zero-order valence-electron chi connectivity index (χ0n) is 16.7. The van der Waals surface area contributed by atoms with Gasteiger partial charge < -0.3 is 20.6 Å². The van der Waals surface area contributed by atoms with Gasteiger partial charge in [0.1, 0.15) is 5.75 Å². The zero-order valence-corrected chi connectivity index (χ0v) is 17.5. The highest BCUT2D eigenvalue weighted by molar-refractivity contribution is 6.38. The van der Waals surface area contributed by atoms with Crippen LogP contribution in [0.1, 0.15) is 16.7 Å². The highest BCUT2D eigenvalue weighted by atomic mass is 35.5. The maximum atomic E-state index is 12.9. The van der Waals surface area contributed by atoms with Crippen LogP contribution in [0.4, 0.5) is 11.4 Å². The van der Waals surface area contributed by atoms with E-state index in [-0.39, 0.29) is 11.7 Å². The summed E-state index contributed by atoms with van der Waals surface area (Å²) >= 11 is 6.10. The van der Waals surface area contributed by atoms with Crippen molar-refractivity contribution in [2.45, 2.75) is 6.54 Å². The van der Waals surface area contributed by atoms with Crippen LogP contribution >= 0.6 is 11.6 Å². The third-order valence-corrected chi connectivity index (χ3v) is 5.09. The van der Waals surface area contributed by atoms with Gasteiger partial charge in [-0.25, -0.2) is 0 Å². The summed E-state index contributed by atoms with van der Waals surface area (Å²) in [6.45, 7) is 0.850. The molecule has 3 aromatic carbocycles. The van der Waals surface area contributed by atoms with Crippen molar-refractivity contribution in [1.29, 1.82) is 0 Å². The zero-order chi connectivity index (χ0) is 21.3. The maximum Gasteiger partial charge on any atom is 0.258 e. The summed E-state index contributed by atoms with van der Waals surface area (Å²) in [7, 11) is 4.06. The molecule has 0 unspecified atom stereocenters. The lowest BCUT2D eigenvalue weighted by Gasteiger charge is -2.16. The molecule has 30 heavy (non-hydrogen) atoms. The number of hydrogen-bond acceptors (Lipinski definition) is 4. The Labute approximate surface area is 180 Å². The smallest absolute Gasteiger partial charge is 0.258 e. The van der Waals surface area contributed by atoms with Gasteiger partial charge in [0.15, 0.2) is 0 Å². The number of carbonyl (C=O) groups is 1. The largest absolute Gasteiger partial charge is 0.508 e. The van der Waals surface area contributed by atoms with Crippen molar-refractivity contribution in [3.05, 3.63) is 88.4 Å². The van der Waals surface area contributed by atoms with Crippen LogP contribution < -0.4 is 10.6 Å². The molecule has 0 fully saturated rings. The second-order valence-corrected chi connectivity index (χ2v) is 7.94. The van der Waals surface area contributed by atoms with Gasteiger partial charge in [0.25, 0.3) is 5.91 Å². The number of hydrogen-bond donors (Lipinski definition) is 3. The average Bonchev–Trinajstić information content (AvgIpc) is 3.02. The van der Waals surface area contributed by atoms with E-state index in [0.29, 0.717) is 22.0 Å². The van der Waals surface area contributed by atoms with E-state index in [1.165, 1.54) is 5.56 Å². The molecule has 1 amide bonds. The molecule has 1 aliphatic rings. The lowest BCUT2D eigenvalue weighted by atomic mass is 10.00. The van der Waals surface area contributed by atoms with E-state index < -0.39 is 0 Å². The number of aromatic hydroxyl groups is 1. The fourth-order valence-electron chi connectivity index (χ4n) is 3.50. The molecule has 0 atom stereocenters. The molecule has 6 heteroatoms. The molecular formula is C24H22ClN3O2. The third kappa shape index (κ3) is 4.17. The number of rotatable bonds is 5. The highest BCUT2D eigenvalue weighted by Crippen LogP contribution is 2.39. The molecule has 4 rings (SSSR count). The van der Waals surface area contributed by atoms with E-state index in [9.17, 15) is 9.90 Å². The number of phenols is 1. The first-order valence-corrected chi connectivity index (χ1v) is 9.94. The first-order chi connectivity index (χ1) is 14.4. The molecule has 0 saturated carbocycles. The highest BCUT2D eigenvalue weighted by Gasteiger charge is 2.28. The van der Waals surface area contributed by atoms with Crippen LogP contribution in [-0.4, -0.2) is 30.0 Å². The van der Waals surface area contributed by atoms with Crippen LogP contribution in [0.5, 0.6) is 5.75 Å². The number of amides is 1. The van der Waals surface area contributed by atoms with Crippen LogP contribution in [0.15, 0.2) is 66.7 Å². The van der Waals surface area contributed by atoms with Gasteiger partial charge in [0, 0.05) is 22.8 Å². The van der Waals surface area contributed by atoms with Gasteiger partial charge in [-0.1, -0.05) is 29.8 Å². The molecule has 5 nitrogen and oxygen atoms in total. The van der Waals surface area contributed by atoms with E-state index in [1.807, 2.05) is 32.3 Å².